The number of hydrogen-bond acceptors (Lipinski definition) is 0. The molecule has 0 saturated heterocycles. The molecule has 0 atom stereocenters. The van der Waals surface area contributed by atoms with Crippen LogP contribution in [0.25, 0.3) is 21.5 Å². The Bertz CT molecular complexity index is 1390. The second kappa shape index (κ2) is 10.0. The predicted molar refractivity (Wildman–Crippen MR) is 90.7 cm³/mol. The third kappa shape index (κ3) is 4.46. The monoisotopic (exact) mass is 530 g/mol. The van der Waals surface area contributed by atoms with E-state index >= 15 is 0 Å². The van der Waals surface area contributed by atoms with Crippen molar-refractivity contribution in [3.63, 3.8) is 0 Å². The van der Waals surface area contributed by atoms with E-state index in [1.54, 1.807) is 0 Å². The van der Waals surface area contributed by atoms with E-state index in [0.29, 0.717) is 0 Å². The van der Waals surface area contributed by atoms with Gasteiger partial charge < -0.3 is 0 Å². The molecule has 4 rings (SSSR count). The van der Waals surface area contributed by atoms with Crippen molar-refractivity contribution in [2.45, 2.75) is 0 Å². The van der Waals surface area contributed by atoms with E-state index in [2.05, 4.69) is 0 Å². The van der Waals surface area contributed by atoms with Gasteiger partial charge in [0.1, 0.15) is 23.3 Å². The zero-order valence-electron chi connectivity index (χ0n) is 16.0. The molecule has 0 aliphatic rings. The normalized spacial score (nSPS) is 10.9. The summed E-state index contributed by atoms with van der Waals surface area (Å²) in [4.78, 5) is 0. The predicted octanol–water partition coefficient (Wildman–Crippen LogP) is 6.85. The van der Waals surface area contributed by atoms with Crippen LogP contribution in [0.2, 0.25) is 0 Å². The van der Waals surface area contributed by atoms with Crippen LogP contribution >= 0.6 is 0 Å². The second-order valence-electron chi connectivity index (χ2n) is 6.15. The molecule has 0 saturated carbocycles. The van der Waals surface area contributed by atoms with Gasteiger partial charge >= 0.3 is 23.1 Å². The fourth-order valence-electron chi connectivity index (χ4n) is 2.73. The Morgan fingerprint density at radius 2 is 0.486 bits per heavy atom. The van der Waals surface area contributed by atoms with Gasteiger partial charge in [0.25, 0.3) is 0 Å². The van der Waals surface area contributed by atoms with Crippen molar-refractivity contribution >= 4 is 44.6 Å². The van der Waals surface area contributed by atoms with E-state index in [1.807, 2.05) is 0 Å². The standard InChI is InChI=1S/2C10F7.Mg/c2*11-2-1-3(12)6(13)5-4(2)7(14)9(16)10(17)8(5)15;/q2*-1;+2. The molecule has 0 spiro atoms. The Kier molecular flexibility index (Phi) is 8.16. The number of halogens is 14. The van der Waals surface area contributed by atoms with Crippen LogP contribution in [0, 0.1) is 93.6 Å². The van der Waals surface area contributed by atoms with Crippen LogP contribution in [-0.4, -0.2) is 23.1 Å². The zero-order chi connectivity index (χ0) is 25.8. The molecular formula is C20F14Mg. The van der Waals surface area contributed by atoms with E-state index in [0.717, 1.165) is 12.1 Å². The summed E-state index contributed by atoms with van der Waals surface area (Å²) in [6.45, 7) is 0. The maximum absolute atomic E-state index is 13.1. The Morgan fingerprint density at radius 3 is 0.743 bits per heavy atom. The minimum atomic E-state index is -2.35. The smallest absolute Gasteiger partial charge is 0.281 e. The molecule has 0 bridgehead atoms. The minimum Gasteiger partial charge on any atom is -0.281 e. The molecule has 0 heterocycles. The fraction of sp³-hybridized carbons (Fsp3) is 0. The van der Waals surface area contributed by atoms with Crippen LogP contribution in [0.15, 0.2) is 0 Å². The third-order valence-electron chi connectivity index (χ3n) is 4.24. The second-order valence-corrected chi connectivity index (χ2v) is 6.15. The average Bonchev–Trinajstić information content (AvgIpc) is 2.78. The van der Waals surface area contributed by atoms with E-state index in [1.165, 1.54) is 0 Å². The Hall–Kier alpha value is -2.81. The molecule has 0 aliphatic carbocycles. The summed E-state index contributed by atoms with van der Waals surface area (Å²) in [6, 6.07) is 2.18. The van der Waals surface area contributed by atoms with Crippen molar-refractivity contribution in [1.82, 2.24) is 0 Å². The first-order valence-corrected chi connectivity index (χ1v) is 8.15. The zero-order valence-corrected chi connectivity index (χ0v) is 17.4. The molecule has 0 fully saturated rings. The maximum Gasteiger partial charge on any atom is 2.00 e. The molecule has 0 aromatic heterocycles. The molecule has 4 aromatic rings. The average molecular weight is 530 g/mol. The summed E-state index contributed by atoms with van der Waals surface area (Å²) in [6.07, 6.45) is 0. The van der Waals surface area contributed by atoms with Crippen LogP contribution in [-0.2, 0) is 0 Å². The summed E-state index contributed by atoms with van der Waals surface area (Å²) in [5.41, 5.74) is 0. The van der Waals surface area contributed by atoms with Crippen LogP contribution in [0.1, 0.15) is 0 Å². The molecule has 35 heavy (non-hydrogen) atoms. The van der Waals surface area contributed by atoms with Gasteiger partial charge in [-0.15, -0.1) is 12.1 Å². The maximum atomic E-state index is 13.1. The van der Waals surface area contributed by atoms with Crippen LogP contribution in [0.4, 0.5) is 61.5 Å². The fourth-order valence-corrected chi connectivity index (χ4v) is 2.73. The number of rotatable bonds is 0. The summed E-state index contributed by atoms with van der Waals surface area (Å²) in [5, 5.41) is -6.31. The molecule has 0 aliphatic heterocycles. The third-order valence-corrected chi connectivity index (χ3v) is 4.24. The topological polar surface area (TPSA) is 0 Å². The van der Waals surface area contributed by atoms with Crippen molar-refractivity contribution in [1.29, 1.82) is 0 Å². The first-order valence-electron chi connectivity index (χ1n) is 8.15. The van der Waals surface area contributed by atoms with E-state index < -0.39 is 103 Å². The van der Waals surface area contributed by atoms with E-state index in [4.69, 9.17) is 0 Å². The van der Waals surface area contributed by atoms with Gasteiger partial charge in [0.05, 0.1) is 11.6 Å². The molecule has 0 amide bonds. The number of fused-ring (bicyclic) bond motifs is 2. The molecule has 0 N–H and O–H groups in total. The molecular weight excluding hydrogens is 530 g/mol. The Labute approximate surface area is 199 Å². The minimum absolute atomic E-state index is 0. The quantitative estimate of drug-likeness (QED) is 0.0768. The molecule has 0 unspecified atom stereocenters. The summed E-state index contributed by atoms with van der Waals surface area (Å²) >= 11 is 0. The van der Waals surface area contributed by atoms with Crippen molar-refractivity contribution in [2.75, 3.05) is 0 Å². The van der Waals surface area contributed by atoms with Crippen molar-refractivity contribution in [3.8, 4) is 0 Å². The summed E-state index contributed by atoms with van der Waals surface area (Å²) in [5.74, 6) is -29.7. The van der Waals surface area contributed by atoms with Gasteiger partial charge in [-0.2, -0.15) is 0 Å². The van der Waals surface area contributed by atoms with Gasteiger partial charge in [-0.05, 0) is 21.5 Å². The molecule has 180 valence electrons. The first-order chi connectivity index (χ1) is 15.7. The van der Waals surface area contributed by atoms with Gasteiger partial charge in [-0.3, -0.25) is 8.78 Å². The van der Waals surface area contributed by atoms with Gasteiger partial charge in [0.15, 0.2) is 23.3 Å². The largest absolute Gasteiger partial charge is 2.00 e. The van der Waals surface area contributed by atoms with Crippen LogP contribution in [0.3, 0.4) is 0 Å². The molecule has 0 radical (unpaired) electrons. The van der Waals surface area contributed by atoms with Gasteiger partial charge in [0, 0.05) is 23.3 Å². The Balaban J connectivity index is 0.000000240. The van der Waals surface area contributed by atoms with Crippen molar-refractivity contribution in [2.24, 2.45) is 0 Å². The Morgan fingerprint density at radius 1 is 0.257 bits per heavy atom. The van der Waals surface area contributed by atoms with Crippen molar-refractivity contribution in [3.05, 3.63) is 93.6 Å². The van der Waals surface area contributed by atoms with Crippen LogP contribution < -0.4 is 0 Å². The van der Waals surface area contributed by atoms with E-state index in [9.17, 15) is 61.5 Å². The SMILES string of the molecule is Fc1[c-]c(F)c2c(F)c(F)c(F)c(F)c2c1F.Fc1[c-]c(F)c2c(F)c(F)c(F)c(F)c2c1F.[Mg+2]. The van der Waals surface area contributed by atoms with Crippen molar-refractivity contribution < 1.29 is 61.5 Å². The number of hydrogen-bond donors (Lipinski definition) is 0. The van der Waals surface area contributed by atoms with Crippen LogP contribution in [0.5, 0.6) is 0 Å². The number of benzene rings is 4. The first kappa shape index (κ1) is 28.4. The molecule has 4 aromatic carbocycles. The van der Waals surface area contributed by atoms with Gasteiger partial charge in [0.2, 0.25) is 0 Å². The summed E-state index contributed by atoms with van der Waals surface area (Å²) < 4.78 is 181. The summed E-state index contributed by atoms with van der Waals surface area (Å²) in [7, 11) is 0. The molecule has 15 heteroatoms. The van der Waals surface area contributed by atoms with Gasteiger partial charge in [-0.1, -0.05) is 0 Å². The van der Waals surface area contributed by atoms with Gasteiger partial charge in [-0.25, -0.2) is 52.7 Å². The van der Waals surface area contributed by atoms with E-state index in [-0.39, 0.29) is 23.1 Å². The molecule has 0 nitrogen and oxygen atoms in total.